The van der Waals surface area contributed by atoms with E-state index in [4.69, 9.17) is 22.7 Å². The summed E-state index contributed by atoms with van der Waals surface area (Å²) in [5, 5.41) is 3.49. The van der Waals surface area contributed by atoms with Gasteiger partial charge in [-0.1, -0.05) is 26.0 Å². The van der Waals surface area contributed by atoms with Gasteiger partial charge in [0, 0.05) is 25.9 Å². The van der Waals surface area contributed by atoms with Gasteiger partial charge in [-0.25, -0.2) is 4.79 Å². The maximum Gasteiger partial charge on any atom is 0.330 e. The first kappa shape index (κ1) is 22.6. The van der Waals surface area contributed by atoms with E-state index in [0.29, 0.717) is 24.8 Å². The minimum atomic E-state index is -0.589. The summed E-state index contributed by atoms with van der Waals surface area (Å²) in [6.07, 6.45) is 0. The van der Waals surface area contributed by atoms with Crippen LogP contribution in [0.1, 0.15) is 25.0 Å². The van der Waals surface area contributed by atoms with Crippen molar-refractivity contribution in [2.24, 2.45) is 5.92 Å². The third-order valence-corrected chi connectivity index (χ3v) is 4.96. The number of aryl methyl sites for hydroxylation is 1. The molecule has 0 fully saturated rings. The summed E-state index contributed by atoms with van der Waals surface area (Å²) in [7, 11) is 1.56. The Morgan fingerprint density at radius 2 is 2.03 bits per heavy atom. The molecule has 4 N–H and O–H groups in total. The molecule has 1 aromatic heterocycles. The second kappa shape index (κ2) is 9.71. The van der Waals surface area contributed by atoms with Crippen LogP contribution in [0.2, 0.25) is 0 Å². The fourth-order valence-corrected chi connectivity index (χ4v) is 3.24. The summed E-state index contributed by atoms with van der Waals surface area (Å²) in [5.41, 5.74) is 8.27. The van der Waals surface area contributed by atoms with Gasteiger partial charge in [-0.05, 0) is 49.2 Å². The van der Waals surface area contributed by atoms with Crippen molar-refractivity contribution in [3.05, 3.63) is 50.2 Å². The third kappa shape index (κ3) is 5.24. The molecule has 0 saturated carbocycles. The molecule has 0 aliphatic heterocycles. The highest BCUT2D eigenvalue weighted by Crippen LogP contribution is 2.22. The Morgan fingerprint density at radius 3 is 2.66 bits per heavy atom. The quantitative estimate of drug-likeness (QED) is 0.591. The Hall–Kier alpha value is -2.65. The molecule has 0 amide bonds. The fourth-order valence-electron chi connectivity index (χ4n) is 2.95. The lowest BCUT2D eigenvalue weighted by Gasteiger charge is -2.27. The number of nitrogens with zero attached hydrogens (tertiary/aromatic N) is 2. The molecule has 1 heterocycles. The van der Waals surface area contributed by atoms with Crippen molar-refractivity contribution in [2.45, 2.75) is 34.2 Å². The number of H-pyrrole nitrogens is 1. The lowest BCUT2D eigenvalue weighted by molar-refractivity contribution is 0.208. The minimum Gasteiger partial charge on any atom is -0.383 e. The molecule has 2 aromatic rings. The summed E-state index contributed by atoms with van der Waals surface area (Å²) in [4.78, 5) is 28.9. The second-order valence-electron chi connectivity index (χ2n) is 7.32. The number of rotatable bonds is 7. The van der Waals surface area contributed by atoms with Gasteiger partial charge < -0.3 is 20.7 Å². The molecule has 0 aliphatic carbocycles. The number of methoxy groups -OCH3 is 1. The topological polar surface area (TPSA) is 105 Å². The van der Waals surface area contributed by atoms with Gasteiger partial charge in [-0.2, -0.15) is 0 Å². The van der Waals surface area contributed by atoms with E-state index in [1.807, 2.05) is 45.9 Å². The number of thiocarbonyl (C=S) groups is 1. The number of nitrogen functional groups attached to an aromatic ring is 1. The van der Waals surface area contributed by atoms with Crippen LogP contribution in [0, 0.1) is 19.8 Å². The summed E-state index contributed by atoms with van der Waals surface area (Å²) in [5.74, 6) is 0.245. The number of aromatic amines is 1. The number of ether oxygens (including phenoxy) is 1. The molecule has 0 bridgehead atoms. The predicted molar refractivity (Wildman–Crippen MR) is 122 cm³/mol. The molecule has 158 valence electrons. The van der Waals surface area contributed by atoms with Gasteiger partial charge in [0.15, 0.2) is 10.8 Å². The van der Waals surface area contributed by atoms with Gasteiger partial charge in [-0.15, -0.1) is 0 Å². The van der Waals surface area contributed by atoms with Crippen LogP contribution in [0.5, 0.6) is 0 Å². The van der Waals surface area contributed by atoms with Gasteiger partial charge in [-0.3, -0.25) is 14.3 Å². The molecule has 0 radical (unpaired) electrons. The van der Waals surface area contributed by atoms with E-state index in [0.717, 1.165) is 16.8 Å². The number of hydrogen-bond acceptors (Lipinski definition) is 5. The number of hydrogen-bond donors (Lipinski definition) is 3. The van der Waals surface area contributed by atoms with Gasteiger partial charge in [0.25, 0.3) is 5.56 Å². The van der Waals surface area contributed by atoms with E-state index in [2.05, 4.69) is 10.3 Å². The Labute approximate surface area is 175 Å². The zero-order valence-corrected chi connectivity index (χ0v) is 18.4. The zero-order chi connectivity index (χ0) is 21.7. The summed E-state index contributed by atoms with van der Waals surface area (Å²) in [6.45, 7) is 8.92. The number of anilines is 3. The molecule has 0 spiro atoms. The lowest BCUT2D eigenvalue weighted by Crippen LogP contribution is -2.44. The molecule has 1 aromatic carbocycles. The monoisotopic (exact) mass is 419 g/mol. The smallest absolute Gasteiger partial charge is 0.330 e. The fraction of sp³-hybridized carbons (Fsp3) is 0.450. The van der Waals surface area contributed by atoms with E-state index >= 15 is 0 Å². The van der Waals surface area contributed by atoms with Crippen molar-refractivity contribution in [1.29, 1.82) is 0 Å². The average molecular weight is 420 g/mol. The Balaban J connectivity index is 2.52. The number of aromatic nitrogens is 2. The predicted octanol–water partition coefficient (Wildman–Crippen LogP) is 2.24. The first-order valence-corrected chi connectivity index (χ1v) is 9.84. The van der Waals surface area contributed by atoms with Crippen LogP contribution < -0.4 is 27.2 Å². The van der Waals surface area contributed by atoms with Crippen molar-refractivity contribution in [3.8, 4) is 0 Å². The molecule has 0 saturated heterocycles. The standard InChI is InChI=1S/C20H29N5O3S/c1-12(2)11-25-17(21)16(18(26)23-19(25)27)24(9-10-28-5)20(29)22-15-8-6-7-13(3)14(15)4/h6-8,12H,9-11,21H2,1-5H3,(H,22,29)(H,23,26,27). The normalized spacial score (nSPS) is 11.0. The number of nitrogens with one attached hydrogen (secondary N) is 2. The van der Waals surface area contributed by atoms with Gasteiger partial charge in [0.2, 0.25) is 0 Å². The average Bonchev–Trinajstić information content (AvgIpc) is 2.64. The zero-order valence-electron chi connectivity index (χ0n) is 17.5. The minimum absolute atomic E-state index is 0.0775. The molecule has 0 aliphatic rings. The Morgan fingerprint density at radius 1 is 1.34 bits per heavy atom. The largest absolute Gasteiger partial charge is 0.383 e. The maximum absolute atomic E-state index is 12.7. The number of nitrogens with two attached hydrogens (primary N) is 1. The van der Waals surface area contributed by atoms with Crippen molar-refractivity contribution in [3.63, 3.8) is 0 Å². The third-order valence-electron chi connectivity index (χ3n) is 4.64. The van der Waals surface area contributed by atoms with Gasteiger partial charge >= 0.3 is 5.69 Å². The summed E-state index contributed by atoms with van der Waals surface area (Å²) >= 11 is 5.60. The number of benzene rings is 1. The van der Waals surface area contributed by atoms with E-state index < -0.39 is 11.2 Å². The van der Waals surface area contributed by atoms with Crippen LogP contribution in [-0.2, 0) is 11.3 Å². The molecule has 9 heteroatoms. The van der Waals surface area contributed by atoms with Crippen LogP contribution >= 0.6 is 12.2 Å². The molecule has 0 atom stereocenters. The van der Waals surface area contributed by atoms with Gasteiger partial charge in [0.1, 0.15) is 5.82 Å². The van der Waals surface area contributed by atoms with E-state index in [9.17, 15) is 9.59 Å². The molecule has 2 rings (SSSR count). The van der Waals surface area contributed by atoms with E-state index in [1.54, 1.807) is 12.0 Å². The highest BCUT2D eigenvalue weighted by Gasteiger charge is 2.22. The molecule has 29 heavy (non-hydrogen) atoms. The maximum atomic E-state index is 12.7. The van der Waals surface area contributed by atoms with Crippen molar-refractivity contribution < 1.29 is 4.74 Å². The molecular formula is C20H29N5O3S. The van der Waals surface area contributed by atoms with Crippen molar-refractivity contribution >= 4 is 34.5 Å². The van der Waals surface area contributed by atoms with Crippen LogP contribution in [-0.4, -0.2) is 34.9 Å². The van der Waals surface area contributed by atoms with Crippen molar-refractivity contribution in [2.75, 3.05) is 36.2 Å². The molecule has 0 unspecified atom stereocenters. The van der Waals surface area contributed by atoms with Crippen LogP contribution in [0.3, 0.4) is 0 Å². The summed E-state index contributed by atoms with van der Waals surface area (Å²) in [6, 6.07) is 5.85. The van der Waals surface area contributed by atoms with Crippen LogP contribution in [0.4, 0.5) is 17.2 Å². The lowest BCUT2D eigenvalue weighted by atomic mass is 10.1. The highest BCUT2D eigenvalue weighted by molar-refractivity contribution is 7.80. The molecular weight excluding hydrogens is 390 g/mol. The van der Waals surface area contributed by atoms with Crippen LogP contribution in [0.15, 0.2) is 27.8 Å². The van der Waals surface area contributed by atoms with E-state index in [-0.39, 0.29) is 17.4 Å². The van der Waals surface area contributed by atoms with Crippen LogP contribution in [0.25, 0.3) is 0 Å². The first-order valence-electron chi connectivity index (χ1n) is 9.43. The van der Waals surface area contributed by atoms with Gasteiger partial charge in [0.05, 0.1) is 6.61 Å². The second-order valence-corrected chi connectivity index (χ2v) is 7.71. The SMILES string of the molecule is COCCN(C(=S)Nc1cccc(C)c1C)c1c(N)n(CC(C)C)c(=O)[nH]c1=O. The van der Waals surface area contributed by atoms with E-state index in [1.165, 1.54) is 4.57 Å². The Bertz CT molecular complexity index is 997. The van der Waals surface area contributed by atoms with Crippen molar-refractivity contribution in [1.82, 2.24) is 9.55 Å². The Kier molecular flexibility index (Phi) is 7.58. The first-order chi connectivity index (χ1) is 13.7. The highest BCUT2D eigenvalue weighted by atomic mass is 32.1. The molecule has 8 nitrogen and oxygen atoms in total. The summed E-state index contributed by atoms with van der Waals surface area (Å²) < 4.78 is 6.55.